The first-order chi connectivity index (χ1) is 12.1. The highest BCUT2D eigenvalue weighted by atomic mass is 16.7. The van der Waals surface area contributed by atoms with Crippen LogP contribution in [0, 0.1) is 6.92 Å². The van der Waals surface area contributed by atoms with Crippen LogP contribution >= 0.6 is 0 Å². The lowest BCUT2D eigenvalue weighted by molar-refractivity contribution is -0.155. The maximum atomic E-state index is 11.7. The standard InChI is InChI=1S/C21H30O4/c1-4-5-6-10-18(20-15-19(16(2)22)17(3)25-20)11-9-14-24-21-12-7-8-13-23-21/h9,15,21H,4-8,10,12-14H2,1-3H3. The van der Waals surface area contributed by atoms with Crippen molar-refractivity contribution in [2.24, 2.45) is 0 Å². The molecule has 25 heavy (non-hydrogen) atoms. The Hall–Kier alpha value is -1.61. The van der Waals surface area contributed by atoms with Gasteiger partial charge in [0.2, 0.25) is 0 Å². The predicted octanol–water partition coefficient (Wildman–Crippen LogP) is 5.45. The van der Waals surface area contributed by atoms with Crippen LogP contribution in [0.25, 0.3) is 5.57 Å². The van der Waals surface area contributed by atoms with E-state index in [2.05, 4.69) is 12.7 Å². The van der Waals surface area contributed by atoms with Gasteiger partial charge in [0.25, 0.3) is 0 Å². The average molecular weight is 346 g/mol. The molecule has 1 aliphatic rings. The lowest BCUT2D eigenvalue weighted by Gasteiger charge is -2.21. The second-order valence-corrected chi connectivity index (χ2v) is 6.55. The van der Waals surface area contributed by atoms with Crippen molar-refractivity contribution in [2.75, 3.05) is 13.2 Å². The Kier molecular flexibility index (Phi) is 8.20. The number of hydrogen-bond acceptors (Lipinski definition) is 4. The first kappa shape index (κ1) is 19.7. The van der Waals surface area contributed by atoms with E-state index in [4.69, 9.17) is 13.9 Å². The summed E-state index contributed by atoms with van der Waals surface area (Å²) < 4.78 is 17.1. The Morgan fingerprint density at radius 1 is 1.40 bits per heavy atom. The van der Waals surface area contributed by atoms with Crippen molar-refractivity contribution in [2.45, 2.75) is 72.0 Å². The van der Waals surface area contributed by atoms with Gasteiger partial charge in [-0.2, -0.15) is 0 Å². The molecule has 1 aliphatic heterocycles. The lowest BCUT2D eigenvalue weighted by atomic mass is 10.0. The van der Waals surface area contributed by atoms with Crippen LogP contribution in [0.5, 0.6) is 0 Å². The summed E-state index contributed by atoms with van der Waals surface area (Å²) in [6, 6.07) is 1.84. The molecule has 4 nitrogen and oxygen atoms in total. The highest BCUT2D eigenvalue weighted by molar-refractivity contribution is 5.95. The molecule has 1 fully saturated rings. The fourth-order valence-electron chi connectivity index (χ4n) is 2.96. The lowest BCUT2D eigenvalue weighted by Crippen LogP contribution is -2.22. The van der Waals surface area contributed by atoms with Gasteiger partial charge in [0, 0.05) is 12.2 Å². The molecular weight excluding hydrogens is 316 g/mol. The Bertz CT molecular complexity index is 614. The zero-order valence-electron chi connectivity index (χ0n) is 15.7. The van der Waals surface area contributed by atoms with Crippen LogP contribution in [0.3, 0.4) is 0 Å². The fraction of sp³-hybridized carbons (Fsp3) is 0.619. The normalized spacial score (nSPS) is 17.2. The molecule has 1 atom stereocenters. The molecule has 1 unspecified atom stereocenters. The van der Waals surface area contributed by atoms with Crippen molar-refractivity contribution < 1.29 is 18.7 Å². The van der Waals surface area contributed by atoms with E-state index in [9.17, 15) is 4.79 Å². The third-order valence-electron chi connectivity index (χ3n) is 4.40. The van der Waals surface area contributed by atoms with Crippen molar-refractivity contribution in [3.8, 4) is 0 Å². The topological polar surface area (TPSA) is 48.7 Å². The third kappa shape index (κ3) is 6.32. The van der Waals surface area contributed by atoms with Gasteiger partial charge < -0.3 is 13.9 Å². The molecule has 138 valence electrons. The van der Waals surface area contributed by atoms with Crippen molar-refractivity contribution in [1.29, 1.82) is 0 Å². The number of rotatable bonds is 9. The number of Topliss-reactive ketones (excluding diaryl/α,β-unsaturated/α-hetero) is 1. The van der Waals surface area contributed by atoms with Gasteiger partial charge in [-0.3, -0.25) is 4.79 Å². The van der Waals surface area contributed by atoms with Crippen LogP contribution in [0.1, 0.15) is 80.7 Å². The summed E-state index contributed by atoms with van der Waals surface area (Å²) in [4.78, 5) is 11.7. The molecule has 0 N–H and O–H groups in total. The maximum Gasteiger partial charge on any atom is 0.163 e. The molecule has 0 spiro atoms. The van der Waals surface area contributed by atoms with Crippen LogP contribution in [-0.4, -0.2) is 25.3 Å². The summed E-state index contributed by atoms with van der Waals surface area (Å²) in [6.07, 6.45) is 9.32. The van der Waals surface area contributed by atoms with E-state index < -0.39 is 0 Å². The molecule has 0 aliphatic carbocycles. The van der Waals surface area contributed by atoms with E-state index in [1.54, 1.807) is 6.92 Å². The minimum absolute atomic E-state index is 0.0298. The van der Waals surface area contributed by atoms with E-state index in [1.165, 1.54) is 0 Å². The number of furan rings is 1. The first-order valence-electron chi connectivity index (χ1n) is 9.40. The highest BCUT2D eigenvalue weighted by Gasteiger charge is 2.15. The van der Waals surface area contributed by atoms with Crippen LogP contribution in [-0.2, 0) is 9.47 Å². The number of ether oxygens (including phenoxy) is 2. The van der Waals surface area contributed by atoms with Crippen LogP contribution in [0.15, 0.2) is 22.3 Å². The molecule has 0 amide bonds. The Labute approximate surface area is 150 Å². The van der Waals surface area contributed by atoms with Gasteiger partial charge in [0.05, 0.1) is 12.2 Å². The molecule has 1 saturated heterocycles. The molecule has 1 aromatic heterocycles. The number of unbranched alkanes of at least 4 members (excludes halogenated alkanes) is 2. The Morgan fingerprint density at radius 3 is 2.88 bits per heavy atom. The zero-order valence-corrected chi connectivity index (χ0v) is 15.7. The van der Waals surface area contributed by atoms with Gasteiger partial charge in [-0.05, 0) is 58.1 Å². The van der Waals surface area contributed by atoms with Crippen LogP contribution in [0.2, 0.25) is 0 Å². The van der Waals surface area contributed by atoms with Crippen molar-refractivity contribution >= 4 is 11.4 Å². The molecule has 1 aromatic rings. The van der Waals surface area contributed by atoms with Gasteiger partial charge in [0.1, 0.15) is 11.5 Å². The van der Waals surface area contributed by atoms with Crippen LogP contribution < -0.4 is 0 Å². The van der Waals surface area contributed by atoms with Crippen molar-refractivity contribution in [3.63, 3.8) is 0 Å². The summed E-state index contributed by atoms with van der Waals surface area (Å²) in [5.41, 5.74) is 4.97. The minimum atomic E-state index is -0.0921. The minimum Gasteiger partial charge on any atom is -0.460 e. The summed E-state index contributed by atoms with van der Waals surface area (Å²) in [5, 5.41) is 0. The molecule has 0 aromatic carbocycles. The number of hydrogen-bond donors (Lipinski definition) is 0. The maximum absolute atomic E-state index is 11.7. The van der Waals surface area contributed by atoms with Gasteiger partial charge in [-0.15, -0.1) is 5.73 Å². The van der Waals surface area contributed by atoms with Gasteiger partial charge in [-0.25, -0.2) is 0 Å². The van der Waals surface area contributed by atoms with E-state index in [0.717, 1.165) is 62.9 Å². The SMILES string of the molecule is CCCCCC(=C=CCOC1CCCCO1)c1cc(C(C)=O)c(C)o1. The predicted molar refractivity (Wildman–Crippen MR) is 98.6 cm³/mol. The molecule has 0 saturated carbocycles. The number of ketones is 1. The number of aryl methyl sites for hydroxylation is 1. The molecule has 2 heterocycles. The van der Waals surface area contributed by atoms with Crippen molar-refractivity contribution in [1.82, 2.24) is 0 Å². The van der Waals surface area contributed by atoms with Gasteiger partial charge in [-0.1, -0.05) is 19.8 Å². The smallest absolute Gasteiger partial charge is 0.163 e. The fourth-order valence-corrected chi connectivity index (χ4v) is 2.96. The van der Waals surface area contributed by atoms with E-state index in [-0.39, 0.29) is 12.1 Å². The van der Waals surface area contributed by atoms with Gasteiger partial charge >= 0.3 is 0 Å². The molecular formula is C21H30O4. The second-order valence-electron chi connectivity index (χ2n) is 6.55. The first-order valence-corrected chi connectivity index (χ1v) is 9.40. The second kappa shape index (κ2) is 10.4. The van der Waals surface area contributed by atoms with E-state index in [0.29, 0.717) is 17.9 Å². The number of carbonyl (C=O) groups is 1. The quantitative estimate of drug-likeness (QED) is 0.339. The Morgan fingerprint density at radius 2 is 2.24 bits per heavy atom. The highest BCUT2D eigenvalue weighted by Crippen LogP contribution is 2.25. The average Bonchev–Trinajstić information content (AvgIpc) is 3.00. The molecule has 2 rings (SSSR count). The van der Waals surface area contributed by atoms with Gasteiger partial charge in [0.15, 0.2) is 12.1 Å². The van der Waals surface area contributed by atoms with Crippen LogP contribution in [0.4, 0.5) is 0 Å². The molecule has 4 heteroatoms. The summed E-state index contributed by atoms with van der Waals surface area (Å²) in [5.74, 6) is 1.44. The van der Waals surface area contributed by atoms with E-state index in [1.807, 2.05) is 19.1 Å². The summed E-state index contributed by atoms with van der Waals surface area (Å²) in [7, 11) is 0. The third-order valence-corrected chi connectivity index (χ3v) is 4.40. The number of carbonyl (C=O) groups excluding carboxylic acids is 1. The summed E-state index contributed by atoms with van der Waals surface area (Å²) in [6.45, 7) is 6.84. The molecule has 0 bridgehead atoms. The monoisotopic (exact) mass is 346 g/mol. The summed E-state index contributed by atoms with van der Waals surface area (Å²) >= 11 is 0. The van der Waals surface area contributed by atoms with E-state index >= 15 is 0 Å². The molecule has 0 radical (unpaired) electrons. The zero-order chi connectivity index (χ0) is 18.1. The van der Waals surface area contributed by atoms with Crippen molar-refractivity contribution in [3.05, 3.63) is 35.0 Å². The largest absolute Gasteiger partial charge is 0.460 e. The Balaban J connectivity index is 2.06.